The standard InChI is InChI=1S/C24H30N2O3/c1-4-14-29-22-12-10-21(11-13-22)26-16-19(15-23(26)27)24(28)25-20-8-6-18(7-9-20)17(3)5-2/h6-13,17,19H,4-5,14-16H2,1-3H3,(H,25,28)/t17-,19-/m0/s1. The molecule has 1 fully saturated rings. The zero-order valence-electron chi connectivity index (χ0n) is 17.5. The molecule has 1 heterocycles. The van der Waals surface area contributed by atoms with E-state index in [0.717, 1.165) is 30.0 Å². The van der Waals surface area contributed by atoms with Crippen molar-refractivity contribution in [3.63, 3.8) is 0 Å². The summed E-state index contributed by atoms with van der Waals surface area (Å²) in [5.74, 6) is 0.796. The molecule has 0 saturated carbocycles. The van der Waals surface area contributed by atoms with Crippen molar-refractivity contribution in [1.82, 2.24) is 0 Å². The molecule has 1 N–H and O–H groups in total. The zero-order chi connectivity index (χ0) is 20.8. The average Bonchev–Trinajstić information content (AvgIpc) is 3.14. The fourth-order valence-electron chi connectivity index (χ4n) is 3.45. The second kappa shape index (κ2) is 9.59. The van der Waals surface area contributed by atoms with E-state index in [9.17, 15) is 9.59 Å². The maximum Gasteiger partial charge on any atom is 0.229 e. The van der Waals surface area contributed by atoms with Crippen LogP contribution in [0.5, 0.6) is 5.75 Å². The Morgan fingerprint density at radius 2 is 1.83 bits per heavy atom. The van der Waals surface area contributed by atoms with Gasteiger partial charge < -0.3 is 15.0 Å². The van der Waals surface area contributed by atoms with Crippen molar-refractivity contribution in [2.24, 2.45) is 5.92 Å². The first-order valence-electron chi connectivity index (χ1n) is 10.5. The Morgan fingerprint density at radius 1 is 1.14 bits per heavy atom. The number of nitrogens with one attached hydrogen (secondary N) is 1. The van der Waals surface area contributed by atoms with Gasteiger partial charge in [-0.3, -0.25) is 9.59 Å². The Bertz CT molecular complexity index is 830. The van der Waals surface area contributed by atoms with Crippen LogP contribution >= 0.6 is 0 Å². The van der Waals surface area contributed by atoms with E-state index >= 15 is 0 Å². The van der Waals surface area contributed by atoms with Crippen LogP contribution in [0.4, 0.5) is 11.4 Å². The van der Waals surface area contributed by atoms with Crippen molar-refractivity contribution in [3.8, 4) is 5.75 Å². The van der Waals surface area contributed by atoms with E-state index < -0.39 is 0 Å². The van der Waals surface area contributed by atoms with Crippen LogP contribution in [-0.4, -0.2) is 25.0 Å². The molecule has 1 aliphatic heterocycles. The summed E-state index contributed by atoms with van der Waals surface area (Å²) in [4.78, 5) is 26.8. The SMILES string of the molecule is CCCOc1ccc(N2C[C@@H](C(=O)Nc3ccc([C@@H](C)CC)cc3)CC2=O)cc1. The lowest BCUT2D eigenvalue weighted by molar-refractivity contribution is -0.122. The molecule has 29 heavy (non-hydrogen) atoms. The summed E-state index contributed by atoms with van der Waals surface area (Å²) in [5.41, 5.74) is 2.83. The maximum absolute atomic E-state index is 12.7. The second-order valence-electron chi connectivity index (χ2n) is 7.67. The number of anilines is 2. The van der Waals surface area contributed by atoms with Gasteiger partial charge in [0.1, 0.15) is 5.75 Å². The summed E-state index contributed by atoms with van der Waals surface area (Å²) in [5, 5.41) is 2.96. The van der Waals surface area contributed by atoms with Crippen molar-refractivity contribution < 1.29 is 14.3 Å². The van der Waals surface area contributed by atoms with E-state index in [-0.39, 0.29) is 24.2 Å². The van der Waals surface area contributed by atoms with Crippen LogP contribution in [0, 0.1) is 5.92 Å². The second-order valence-corrected chi connectivity index (χ2v) is 7.67. The van der Waals surface area contributed by atoms with E-state index in [0.29, 0.717) is 19.1 Å². The van der Waals surface area contributed by atoms with Gasteiger partial charge in [-0.15, -0.1) is 0 Å². The van der Waals surface area contributed by atoms with Gasteiger partial charge in [-0.2, -0.15) is 0 Å². The Labute approximate surface area is 173 Å². The van der Waals surface area contributed by atoms with Gasteiger partial charge in [-0.05, 0) is 60.7 Å². The number of ether oxygens (including phenoxy) is 1. The normalized spacial score (nSPS) is 17.3. The van der Waals surface area contributed by atoms with Gasteiger partial charge in [0.2, 0.25) is 11.8 Å². The minimum atomic E-state index is -0.354. The summed E-state index contributed by atoms with van der Waals surface area (Å²) < 4.78 is 5.59. The number of benzene rings is 2. The van der Waals surface area contributed by atoms with Gasteiger partial charge in [-0.25, -0.2) is 0 Å². The van der Waals surface area contributed by atoms with Gasteiger partial charge in [0.05, 0.1) is 12.5 Å². The third-order valence-corrected chi connectivity index (χ3v) is 5.48. The molecule has 5 nitrogen and oxygen atoms in total. The molecule has 3 rings (SSSR count). The van der Waals surface area contributed by atoms with E-state index in [4.69, 9.17) is 4.74 Å². The van der Waals surface area contributed by atoms with Crippen LogP contribution < -0.4 is 15.0 Å². The average molecular weight is 395 g/mol. The number of carbonyl (C=O) groups is 2. The minimum absolute atomic E-state index is 0.0282. The van der Waals surface area contributed by atoms with E-state index in [1.807, 2.05) is 36.4 Å². The van der Waals surface area contributed by atoms with Crippen molar-refractivity contribution in [1.29, 1.82) is 0 Å². The largest absolute Gasteiger partial charge is 0.494 e. The lowest BCUT2D eigenvalue weighted by Crippen LogP contribution is -2.28. The molecule has 2 atom stereocenters. The first kappa shape index (κ1) is 20.9. The lowest BCUT2D eigenvalue weighted by Gasteiger charge is -2.17. The monoisotopic (exact) mass is 394 g/mol. The number of carbonyl (C=O) groups excluding carboxylic acids is 2. The first-order valence-corrected chi connectivity index (χ1v) is 10.5. The molecule has 2 amide bonds. The molecule has 5 heteroatoms. The molecular weight excluding hydrogens is 364 g/mol. The molecule has 0 bridgehead atoms. The van der Waals surface area contributed by atoms with Crippen molar-refractivity contribution in [2.45, 2.75) is 46.0 Å². The predicted molar refractivity (Wildman–Crippen MR) is 116 cm³/mol. The van der Waals surface area contributed by atoms with Crippen LogP contribution in [0.3, 0.4) is 0 Å². The van der Waals surface area contributed by atoms with Gasteiger partial charge >= 0.3 is 0 Å². The number of nitrogens with zero attached hydrogens (tertiary/aromatic N) is 1. The molecule has 2 aromatic carbocycles. The number of hydrogen-bond donors (Lipinski definition) is 1. The molecule has 1 saturated heterocycles. The number of amides is 2. The minimum Gasteiger partial charge on any atom is -0.494 e. The van der Waals surface area contributed by atoms with E-state index in [1.54, 1.807) is 4.90 Å². The predicted octanol–water partition coefficient (Wildman–Crippen LogP) is 4.98. The van der Waals surface area contributed by atoms with Gasteiger partial charge in [0.25, 0.3) is 0 Å². The Hall–Kier alpha value is -2.82. The summed E-state index contributed by atoms with van der Waals surface area (Å²) in [6.45, 7) is 7.47. The van der Waals surface area contributed by atoms with Crippen LogP contribution in [-0.2, 0) is 9.59 Å². The number of hydrogen-bond acceptors (Lipinski definition) is 3. The highest BCUT2D eigenvalue weighted by Crippen LogP contribution is 2.28. The lowest BCUT2D eigenvalue weighted by atomic mass is 9.98. The van der Waals surface area contributed by atoms with Gasteiger partial charge in [-0.1, -0.05) is 32.9 Å². The fraction of sp³-hybridized carbons (Fsp3) is 0.417. The quantitative estimate of drug-likeness (QED) is 0.687. The van der Waals surface area contributed by atoms with Crippen LogP contribution in [0.2, 0.25) is 0 Å². The van der Waals surface area contributed by atoms with Gasteiger partial charge in [0.15, 0.2) is 0 Å². The zero-order valence-corrected chi connectivity index (χ0v) is 17.5. The van der Waals surface area contributed by atoms with E-state index in [1.165, 1.54) is 5.56 Å². The van der Waals surface area contributed by atoms with Crippen LogP contribution in [0.25, 0.3) is 0 Å². The molecule has 0 radical (unpaired) electrons. The highest BCUT2D eigenvalue weighted by Gasteiger charge is 2.35. The summed E-state index contributed by atoms with van der Waals surface area (Å²) >= 11 is 0. The number of rotatable bonds is 8. The molecule has 1 aliphatic rings. The third-order valence-electron chi connectivity index (χ3n) is 5.48. The molecular formula is C24H30N2O3. The van der Waals surface area contributed by atoms with E-state index in [2.05, 4.69) is 38.2 Å². The third kappa shape index (κ3) is 5.17. The van der Waals surface area contributed by atoms with Crippen LogP contribution in [0.15, 0.2) is 48.5 Å². The molecule has 0 spiro atoms. The molecule has 0 aromatic heterocycles. The Morgan fingerprint density at radius 3 is 2.45 bits per heavy atom. The summed E-state index contributed by atoms with van der Waals surface area (Å²) in [6.07, 6.45) is 2.26. The summed E-state index contributed by atoms with van der Waals surface area (Å²) in [6, 6.07) is 15.4. The fourth-order valence-corrected chi connectivity index (χ4v) is 3.45. The first-order chi connectivity index (χ1) is 14.0. The Kier molecular flexibility index (Phi) is 6.91. The molecule has 2 aromatic rings. The topological polar surface area (TPSA) is 58.6 Å². The highest BCUT2D eigenvalue weighted by molar-refractivity contribution is 6.03. The Balaban J connectivity index is 1.60. The smallest absolute Gasteiger partial charge is 0.229 e. The summed E-state index contributed by atoms with van der Waals surface area (Å²) in [7, 11) is 0. The van der Waals surface area contributed by atoms with Gasteiger partial charge in [0, 0.05) is 24.3 Å². The molecule has 0 unspecified atom stereocenters. The molecule has 154 valence electrons. The molecule has 0 aliphatic carbocycles. The maximum atomic E-state index is 12.7. The van der Waals surface area contributed by atoms with Crippen molar-refractivity contribution in [3.05, 3.63) is 54.1 Å². The van der Waals surface area contributed by atoms with Crippen molar-refractivity contribution in [2.75, 3.05) is 23.4 Å². The van der Waals surface area contributed by atoms with Crippen LogP contribution in [0.1, 0.15) is 51.5 Å². The highest BCUT2D eigenvalue weighted by atomic mass is 16.5. The van der Waals surface area contributed by atoms with Crippen molar-refractivity contribution >= 4 is 23.2 Å².